The van der Waals surface area contributed by atoms with Gasteiger partial charge in [-0.15, -0.1) is 0 Å². The number of aryl methyl sites for hydroxylation is 1. The number of anilines is 1. The maximum absolute atomic E-state index is 12.3. The predicted octanol–water partition coefficient (Wildman–Crippen LogP) is 3.15. The molecule has 1 rings (SSSR count). The molecule has 1 atom stereocenters. The minimum atomic E-state index is -0.789. The monoisotopic (exact) mass is 265 g/mol. The van der Waals surface area contributed by atoms with Crippen molar-refractivity contribution in [3.8, 4) is 5.75 Å². The molecule has 0 aliphatic heterocycles. The summed E-state index contributed by atoms with van der Waals surface area (Å²) < 4.78 is 10.5. The lowest BCUT2D eigenvalue weighted by Crippen LogP contribution is -2.41. The molecular formula is C15H23NO3. The van der Waals surface area contributed by atoms with Crippen LogP contribution in [0.4, 0.5) is 5.69 Å². The van der Waals surface area contributed by atoms with E-state index < -0.39 is 5.60 Å². The molecule has 0 aliphatic rings. The number of methoxy groups -OCH3 is 2. The van der Waals surface area contributed by atoms with Crippen LogP contribution in [0.2, 0.25) is 0 Å². The van der Waals surface area contributed by atoms with Crippen LogP contribution in [0, 0.1) is 6.92 Å². The van der Waals surface area contributed by atoms with Crippen LogP contribution in [-0.4, -0.2) is 25.7 Å². The molecule has 1 amide bonds. The minimum Gasteiger partial charge on any atom is -0.496 e. The lowest BCUT2D eigenvalue weighted by molar-refractivity contribution is -0.136. The summed E-state index contributed by atoms with van der Waals surface area (Å²) in [5.74, 6) is 0.683. The van der Waals surface area contributed by atoms with E-state index in [1.165, 1.54) is 0 Å². The van der Waals surface area contributed by atoms with Gasteiger partial charge in [0.2, 0.25) is 0 Å². The average Bonchev–Trinajstić information content (AvgIpc) is 2.39. The van der Waals surface area contributed by atoms with Crippen LogP contribution >= 0.6 is 0 Å². The van der Waals surface area contributed by atoms with Gasteiger partial charge in [0.15, 0.2) is 0 Å². The Hall–Kier alpha value is -1.55. The van der Waals surface area contributed by atoms with Gasteiger partial charge < -0.3 is 14.8 Å². The highest BCUT2D eigenvalue weighted by molar-refractivity contribution is 5.97. The van der Waals surface area contributed by atoms with Gasteiger partial charge in [0.25, 0.3) is 5.91 Å². The molecule has 0 heterocycles. The summed E-state index contributed by atoms with van der Waals surface area (Å²) in [5.41, 5.74) is 0.945. The van der Waals surface area contributed by atoms with Crippen molar-refractivity contribution in [3.05, 3.63) is 23.8 Å². The summed E-state index contributed by atoms with van der Waals surface area (Å²) in [6.07, 6.45) is 1.57. The first-order chi connectivity index (χ1) is 8.96. The van der Waals surface area contributed by atoms with E-state index in [1.807, 2.05) is 39.0 Å². The number of ether oxygens (including phenoxy) is 2. The van der Waals surface area contributed by atoms with Crippen LogP contribution in [-0.2, 0) is 9.53 Å². The normalized spacial score (nSPS) is 13.7. The third-order valence-electron chi connectivity index (χ3n) is 3.31. The van der Waals surface area contributed by atoms with Gasteiger partial charge >= 0.3 is 0 Å². The maximum Gasteiger partial charge on any atom is 0.256 e. The number of carbonyl (C=O) groups excluding carboxylic acids is 1. The smallest absolute Gasteiger partial charge is 0.256 e. The summed E-state index contributed by atoms with van der Waals surface area (Å²) in [6, 6.07) is 5.55. The standard InChI is InChI=1S/C15H23NO3/c1-6-9-15(3,19-5)14(17)16-12-7-8-13(18-4)11(2)10-12/h7-8,10H,6,9H2,1-5H3,(H,16,17)/t15-/m1/s1. The fraction of sp³-hybridized carbons (Fsp3) is 0.533. The molecule has 106 valence electrons. The number of amides is 1. The van der Waals surface area contributed by atoms with Crippen molar-refractivity contribution in [1.29, 1.82) is 0 Å². The molecule has 4 nitrogen and oxygen atoms in total. The summed E-state index contributed by atoms with van der Waals surface area (Å²) in [7, 11) is 3.19. The van der Waals surface area contributed by atoms with Crippen molar-refractivity contribution >= 4 is 11.6 Å². The van der Waals surface area contributed by atoms with Gasteiger partial charge in [-0.25, -0.2) is 0 Å². The van der Waals surface area contributed by atoms with E-state index in [1.54, 1.807) is 14.2 Å². The molecule has 0 saturated heterocycles. The molecule has 0 aromatic heterocycles. The first kappa shape index (κ1) is 15.5. The SMILES string of the molecule is CCC[C@@](C)(OC)C(=O)Nc1ccc(OC)c(C)c1. The Labute approximate surface area is 115 Å². The number of rotatable bonds is 6. The quantitative estimate of drug-likeness (QED) is 0.859. The molecule has 0 bridgehead atoms. The van der Waals surface area contributed by atoms with Gasteiger partial charge in [0, 0.05) is 12.8 Å². The molecular weight excluding hydrogens is 242 g/mol. The molecule has 1 aromatic carbocycles. The van der Waals surface area contributed by atoms with Crippen LogP contribution in [0.15, 0.2) is 18.2 Å². The van der Waals surface area contributed by atoms with Crippen molar-refractivity contribution < 1.29 is 14.3 Å². The van der Waals surface area contributed by atoms with Crippen molar-refractivity contribution in [2.24, 2.45) is 0 Å². The molecule has 0 saturated carbocycles. The summed E-state index contributed by atoms with van der Waals surface area (Å²) in [5, 5.41) is 2.89. The number of benzene rings is 1. The molecule has 19 heavy (non-hydrogen) atoms. The van der Waals surface area contributed by atoms with Gasteiger partial charge in [-0.05, 0) is 44.0 Å². The summed E-state index contributed by atoms with van der Waals surface area (Å²) in [4.78, 5) is 12.3. The topological polar surface area (TPSA) is 47.6 Å². The highest BCUT2D eigenvalue weighted by Crippen LogP contribution is 2.24. The minimum absolute atomic E-state index is 0.124. The predicted molar refractivity (Wildman–Crippen MR) is 76.7 cm³/mol. The number of carbonyl (C=O) groups is 1. The molecule has 0 unspecified atom stereocenters. The second-order valence-corrected chi connectivity index (χ2v) is 4.82. The number of hydrogen-bond donors (Lipinski definition) is 1. The van der Waals surface area contributed by atoms with Crippen molar-refractivity contribution in [2.75, 3.05) is 19.5 Å². The zero-order chi connectivity index (χ0) is 14.5. The van der Waals surface area contributed by atoms with Gasteiger partial charge in [0.1, 0.15) is 11.4 Å². The Kier molecular flexibility index (Phi) is 5.36. The van der Waals surface area contributed by atoms with Crippen molar-refractivity contribution in [3.63, 3.8) is 0 Å². The van der Waals surface area contributed by atoms with Gasteiger partial charge in [0.05, 0.1) is 7.11 Å². The van der Waals surface area contributed by atoms with E-state index in [4.69, 9.17) is 9.47 Å². The Balaban J connectivity index is 2.84. The van der Waals surface area contributed by atoms with E-state index in [0.717, 1.165) is 23.4 Å². The molecule has 1 aromatic rings. The molecule has 1 N–H and O–H groups in total. The molecule has 0 spiro atoms. The van der Waals surface area contributed by atoms with Gasteiger partial charge in [-0.3, -0.25) is 4.79 Å². The first-order valence-corrected chi connectivity index (χ1v) is 6.48. The lowest BCUT2D eigenvalue weighted by atomic mass is 9.99. The Morgan fingerprint density at radius 3 is 2.53 bits per heavy atom. The Morgan fingerprint density at radius 1 is 1.37 bits per heavy atom. The highest BCUT2D eigenvalue weighted by atomic mass is 16.5. The van der Waals surface area contributed by atoms with Gasteiger partial charge in [-0.2, -0.15) is 0 Å². The largest absolute Gasteiger partial charge is 0.496 e. The average molecular weight is 265 g/mol. The van der Waals surface area contributed by atoms with E-state index in [-0.39, 0.29) is 5.91 Å². The Morgan fingerprint density at radius 2 is 2.05 bits per heavy atom. The van der Waals surface area contributed by atoms with E-state index in [9.17, 15) is 4.79 Å². The van der Waals surface area contributed by atoms with Gasteiger partial charge in [-0.1, -0.05) is 13.3 Å². The van der Waals surface area contributed by atoms with Crippen LogP contribution in [0.1, 0.15) is 32.3 Å². The van der Waals surface area contributed by atoms with Crippen LogP contribution in [0.25, 0.3) is 0 Å². The first-order valence-electron chi connectivity index (χ1n) is 6.48. The molecule has 0 aliphatic carbocycles. The summed E-state index contributed by atoms with van der Waals surface area (Å²) >= 11 is 0. The van der Waals surface area contributed by atoms with Crippen LogP contribution in [0.5, 0.6) is 5.75 Å². The van der Waals surface area contributed by atoms with Crippen LogP contribution in [0.3, 0.4) is 0 Å². The molecule has 4 heteroatoms. The van der Waals surface area contributed by atoms with E-state index in [2.05, 4.69) is 5.32 Å². The zero-order valence-corrected chi connectivity index (χ0v) is 12.4. The fourth-order valence-corrected chi connectivity index (χ4v) is 2.00. The highest BCUT2D eigenvalue weighted by Gasteiger charge is 2.32. The van der Waals surface area contributed by atoms with E-state index >= 15 is 0 Å². The number of hydrogen-bond acceptors (Lipinski definition) is 3. The second kappa shape index (κ2) is 6.57. The number of nitrogens with one attached hydrogen (secondary N) is 1. The molecule has 0 radical (unpaired) electrons. The maximum atomic E-state index is 12.3. The Bertz CT molecular complexity index is 445. The van der Waals surface area contributed by atoms with Crippen LogP contribution < -0.4 is 10.1 Å². The van der Waals surface area contributed by atoms with Crippen molar-refractivity contribution in [2.45, 2.75) is 39.2 Å². The third-order valence-corrected chi connectivity index (χ3v) is 3.31. The van der Waals surface area contributed by atoms with E-state index in [0.29, 0.717) is 6.42 Å². The summed E-state index contributed by atoms with van der Waals surface area (Å²) in [6.45, 7) is 5.78. The lowest BCUT2D eigenvalue weighted by Gasteiger charge is -2.26. The third kappa shape index (κ3) is 3.70. The zero-order valence-electron chi connectivity index (χ0n) is 12.4. The fourth-order valence-electron chi connectivity index (χ4n) is 2.00. The second-order valence-electron chi connectivity index (χ2n) is 4.82. The van der Waals surface area contributed by atoms with Crippen molar-refractivity contribution in [1.82, 2.24) is 0 Å². The molecule has 0 fully saturated rings.